The predicted octanol–water partition coefficient (Wildman–Crippen LogP) is 2.39. The molecule has 2 rings (SSSR count). The van der Waals surface area contributed by atoms with Crippen molar-refractivity contribution in [2.24, 2.45) is 4.99 Å². The molecule has 0 saturated heterocycles. The highest BCUT2D eigenvalue weighted by Crippen LogP contribution is 2.31. The minimum absolute atomic E-state index is 0.426. The van der Waals surface area contributed by atoms with Crippen molar-refractivity contribution in [2.45, 2.75) is 38.2 Å². The van der Waals surface area contributed by atoms with Gasteiger partial charge in [-0.05, 0) is 38.3 Å². The third-order valence-electron chi connectivity index (χ3n) is 4.02. The summed E-state index contributed by atoms with van der Waals surface area (Å²) in [5.41, 5.74) is 0.286. The number of guanidine groups is 1. The van der Waals surface area contributed by atoms with Crippen LogP contribution in [-0.2, 0) is 4.74 Å². The molecule has 0 spiro atoms. The van der Waals surface area contributed by atoms with Gasteiger partial charge in [0.1, 0.15) is 5.75 Å². The number of nitrogens with zero attached hydrogens (tertiary/aromatic N) is 1. The molecule has 3 N–H and O–H groups in total. The molecule has 134 valence electrons. The van der Waals surface area contributed by atoms with Crippen LogP contribution in [0.5, 0.6) is 5.75 Å². The smallest absolute Gasteiger partial charge is 0.195 e. The van der Waals surface area contributed by atoms with Gasteiger partial charge < -0.3 is 25.2 Å². The van der Waals surface area contributed by atoms with E-state index in [4.69, 9.17) is 9.47 Å². The lowest BCUT2D eigenvalue weighted by Gasteiger charge is -2.35. The summed E-state index contributed by atoms with van der Waals surface area (Å²) in [5, 5.41) is 16.7. The first-order chi connectivity index (χ1) is 11.6. The minimum Gasteiger partial charge on any atom is -0.493 e. The normalized spacial score (nSPS) is 16.4. The molecule has 24 heavy (non-hydrogen) atoms. The molecule has 0 amide bonds. The molecule has 1 aromatic carbocycles. The molecule has 1 aromatic rings. The van der Waals surface area contributed by atoms with E-state index in [1.165, 1.54) is 0 Å². The van der Waals surface area contributed by atoms with Crippen molar-refractivity contribution in [3.05, 3.63) is 24.3 Å². The highest BCUT2D eigenvalue weighted by molar-refractivity contribution is 5.93. The number of anilines is 1. The minimum atomic E-state index is -0.616. The predicted molar refractivity (Wildman–Crippen MR) is 96.8 cm³/mol. The van der Waals surface area contributed by atoms with Crippen LogP contribution in [0.15, 0.2) is 29.3 Å². The van der Waals surface area contributed by atoms with Gasteiger partial charge in [0, 0.05) is 38.4 Å². The number of ether oxygens (including phenoxy) is 2. The number of methoxy groups -OCH3 is 1. The van der Waals surface area contributed by atoms with Crippen molar-refractivity contribution in [3.63, 3.8) is 0 Å². The molecule has 0 radical (unpaired) electrons. The average molecular weight is 335 g/mol. The van der Waals surface area contributed by atoms with Crippen molar-refractivity contribution < 1.29 is 14.6 Å². The SMILES string of the molecule is CCNC(=NCC1(O)CCC1)Nc1cccc(OCCCOC)c1. The summed E-state index contributed by atoms with van der Waals surface area (Å²) in [6.07, 6.45) is 3.61. The number of aliphatic imine (C=N–C) groups is 1. The van der Waals surface area contributed by atoms with E-state index in [0.29, 0.717) is 25.7 Å². The Balaban J connectivity index is 1.91. The zero-order chi connectivity index (χ0) is 17.3. The molecule has 0 heterocycles. The first-order valence-electron chi connectivity index (χ1n) is 8.65. The summed E-state index contributed by atoms with van der Waals surface area (Å²) in [6.45, 7) is 4.52. The van der Waals surface area contributed by atoms with E-state index in [1.807, 2.05) is 31.2 Å². The van der Waals surface area contributed by atoms with Gasteiger partial charge in [-0.25, -0.2) is 0 Å². The maximum Gasteiger partial charge on any atom is 0.195 e. The van der Waals surface area contributed by atoms with Gasteiger partial charge in [0.2, 0.25) is 0 Å². The van der Waals surface area contributed by atoms with E-state index >= 15 is 0 Å². The van der Waals surface area contributed by atoms with Crippen LogP contribution < -0.4 is 15.4 Å². The van der Waals surface area contributed by atoms with Crippen LogP contribution in [0.25, 0.3) is 0 Å². The third-order valence-corrected chi connectivity index (χ3v) is 4.02. The lowest BCUT2D eigenvalue weighted by Crippen LogP contribution is -2.41. The molecule has 1 fully saturated rings. The van der Waals surface area contributed by atoms with E-state index in [-0.39, 0.29) is 0 Å². The van der Waals surface area contributed by atoms with Crippen molar-refractivity contribution >= 4 is 11.6 Å². The van der Waals surface area contributed by atoms with Crippen LogP contribution in [0.4, 0.5) is 5.69 Å². The highest BCUT2D eigenvalue weighted by Gasteiger charge is 2.34. The second-order valence-electron chi connectivity index (χ2n) is 6.12. The van der Waals surface area contributed by atoms with Gasteiger partial charge >= 0.3 is 0 Å². The maximum absolute atomic E-state index is 10.2. The second-order valence-corrected chi connectivity index (χ2v) is 6.12. The van der Waals surface area contributed by atoms with Crippen LogP contribution >= 0.6 is 0 Å². The molecule has 6 nitrogen and oxygen atoms in total. The van der Waals surface area contributed by atoms with Gasteiger partial charge in [0.05, 0.1) is 18.8 Å². The lowest BCUT2D eigenvalue weighted by molar-refractivity contribution is -0.0235. The van der Waals surface area contributed by atoms with Gasteiger partial charge in [-0.2, -0.15) is 0 Å². The summed E-state index contributed by atoms with van der Waals surface area (Å²) in [4.78, 5) is 4.51. The fourth-order valence-corrected chi connectivity index (χ4v) is 2.47. The molecule has 0 aromatic heterocycles. The monoisotopic (exact) mass is 335 g/mol. The van der Waals surface area contributed by atoms with Gasteiger partial charge in [0.25, 0.3) is 0 Å². The number of benzene rings is 1. The Kier molecular flexibility index (Phi) is 7.34. The molecule has 1 saturated carbocycles. The fraction of sp³-hybridized carbons (Fsp3) is 0.611. The standard InChI is InChI=1S/C18H29N3O3/c1-3-19-17(20-14-18(22)9-5-10-18)21-15-7-4-8-16(13-15)24-12-6-11-23-2/h4,7-8,13,22H,3,5-6,9-12,14H2,1-2H3,(H2,19,20,21). The number of hydrogen-bond acceptors (Lipinski definition) is 4. The first kappa shape index (κ1) is 18.5. The number of rotatable bonds is 9. The Hall–Kier alpha value is -1.79. The molecule has 1 aliphatic rings. The zero-order valence-electron chi connectivity index (χ0n) is 14.7. The van der Waals surface area contributed by atoms with E-state index in [1.54, 1.807) is 7.11 Å². The Labute approximate surface area is 144 Å². The van der Waals surface area contributed by atoms with E-state index in [0.717, 1.165) is 43.7 Å². The third kappa shape index (κ3) is 6.02. The first-order valence-corrected chi connectivity index (χ1v) is 8.65. The van der Waals surface area contributed by atoms with Crippen molar-refractivity contribution in [1.82, 2.24) is 5.32 Å². The Morgan fingerprint density at radius 1 is 1.33 bits per heavy atom. The lowest BCUT2D eigenvalue weighted by atomic mass is 9.80. The summed E-state index contributed by atoms with van der Waals surface area (Å²) >= 11 is 0. The number of nitrogens with one attached hydrogen (secondary N) is 2. The van der Waals surface area contributed by atoms with Crippen molar-refractivity contribution in [2.75, 3.05) is 38.7 Å². The maximum atomic E-state index is 10.2. The van der Waals surface area contributed by atoms with Crippen molar-refractivity contribution in [3.8, 4) is 5.75 Å². The second kappa shape index (κ2) is 9.49. The number of aliphatic hydroxyl groups is 1. The summed E-state index contributed by atoms with van der Waals surface area (Å²) < 4.78 is 10.7. The highest BCUT2D eigenvalue weighted by atomic mass is 16.5. The molecule has 1 aliphatic carbocycles. The van der Waals surface area contributed by atoms with Gasteiger partial charge in [-0.3, -0.25) is 4.99 Å². The quantitative estimate of drug-likeness (QED) is 0.367. The fourth-order valence-electron chi connectivity index (χ4n) is 2.47. The van der Waals surface area contributed by atoms with E-state index < -0.39 is 5.60 Å². The average Bonchev–Trinajstić information content (AvgIpc) is 2.55. The van der Waals surface area contributed by atoms with Crippen LogP contribution in [0.2, 0.25) is 0 Å². The van der Waals surface area contributed by atoms with Gasteiger partial charge in [0.15, 0.2) is 5.96 Å². The van der Waals surface area contributed by atoms with Gasteiger partial charge in [-0.15, -0.1) is 0 Å². The zero-order valence-corrected chi connectivity index (χ0v) is 14.7. The molecular weight excluding hydrogens is 306 g/mol. The van der Waals surface area contributed by atoms with Crippen LogP contribution in [0.3, 0.4) is 0 Å². The Morgan fingerprint density at radius 2 is 2.17 bits per heavy atom. The molecule has 0 bridgehead atoms. The molecule has 0 aliphatic heterocycles. The van der Waals surface area contributed by atoms with Crippen LogP contribution in [-0.4, -0.2) is 50.1 Å². The Bertz CT molecular complexity index is 530. The number of hydrogen-bond donors (Lipinski definition) is 3. The van der Waals surface area contributed by atoms with Gasteiger partial charge in [-0.1, -0.05) is 6.07 Å². The largest absolute Gasteiger partial charge is 0.493 e. The van der Waals surface area contributed by atoms with Crippen molar-refractivity contribution in [1.29, 1.82) is 0 Å². The Morgan fingerprint density at radius 3 is 2.83 bits per heavy atom. The summed E-state index contributed by atoms with van der Waals surface area (Å²) in [6, 6.07) is 7.78. The molecule has 6 heteroatoms. The molecule has 0 unspecified atom stereocenters. The summed E-state index contributed by atoms with van der Waals surface area (Å²) in [7, 11) is 1.69. The topological polar surface area (TPSA) is 75.1 Å². The van der Waals surface area contributed by atoms with Crippen LogP contribution in [0.1, 0.15) is 32.6 Å². The molecule has 0 atom stereocenters. The summed E-state index contributed by atoms with van der Waals surface area (Å²) in [5.74, 6) is 1.49. The van der Waals surface area contributed by atoms with E-state index in [2.05, 4.69) is 15.6 Å². The van der Waals surface area contributed by atoms with E-state index in [9.17, 15) is 5.11 Å². The van der Waals surface area contributed by atoms with Crippen LogP contribution in [0, 0.1) is 0 Å². The molecular formula is C18H29N3O3.